The van der Waals surface area contributed by atoms with Crippen LogP contribution in [-0.4, -0.2) is 17.6 Å². The Labute approximate surface area is 112 Å². The third-order valence-electron chi connectivity index (χ3n) is 2.50. The van der Waals surface area contributed by atoms with Crippen LogP contribution in [0, 0.1) is 12.1 Å². The van der Waals surface area contributed by atoms with Crippen LogP contribution in [0.5, 0.6) is 0 Å². The van der Waals surface area contributed by atoms with Crippen LogP contribution in [-0.2, 0) is 4.74 Å². The molecule has 1 heterocycles. The Hall–Kier alpha value is -1.69. The van der Waals surface area contributed by atoms with Gasteiger partial charge in [-0.25, -0.2) is 9.78 Å². The standard InChI is InChI=1S/C12H11BrN2O3/c1-3-18-12(16)11-7(2)15(17)10-6-8(13)4-5-9(10)14-11/h4-6H,3H2,1-2H3. The summed E-state index contributed by atoms with van der Waals surface area (Å²) in [5.41, 5.74) is 1.16. The van der Waals surface area contributed by atoms with Gasteiger partial charge in [0.05, 0.1) is 6.61 Å². The van der Waals surface area contributed by atoms with Crippen molar-refractivity contribution in [2.45, 2.75) is 13.8 Å². The molecule has 2 rings (SSSR count). The van der Waals surface area contributed by atoms with E-state index < -0.39 is 5.97 Å². The maximum absolute atomic E-state index is 12.1. The lowest BCUT2D eigenvalue weighted by Gasteiger charge is -2.08. The van der Waals surface area contributed by atoms with E-state index in [1.54, 1.807) is 32.0 Å². The molecule has 0 radical (unpaired) electrons. The van der Waals surface area contributed by atoms with Crippen molar-refractivity contribution in [3.63, 3.8) is 0 Å². The predicted octanol–water partition coefficient (Wildman–Crippen LogP) is 2.12. The fraction of sp³-hybridized carbons (Fsp3) is 0.250. The summed E-state index contributed by atoms with van der Waals surface area (Å²) >= 11 is 3.29. The van der Waals surface area contributed by atoms with Crippen molar-refractivity contribution in [3.05, 3.63) is 39.3 Å². The second-order valence-corrected chi connectivity index (χ2v) is 4.61. The molecule has 0 fully saturated rings. The van der Waals surface area contributed by atoms with E-state index in [9.17, 15) is 10.0 Å². The number of fused-ring (bicyclic) bond motifs is 1. The van der Waals surface area contributed by atoms with Crippen LogP contribution in [0.2, 0.25) is 0 Å². The average Bonchev–Trinajstić information content (AvgIpc) is 2.34. The van der Waals surface area contributed by atoms with E-state index >= 15 is 0 Å². The molecule has 6 heteroatoms. The molecule has 1 aromatic carbocycles. The van der Waals surface area contributed by atoms with E-state index in [4.69, 9.17) is 4.74 Å². The Morgan fingerprint density at radius 3 is 2.94 bits per heavy atom. The van der Waals surface area contributed by atoms with Gasteiger partial charge in [-0.2, -0.15) is 4.73 Å². The van der Waals surface area contributed by atoms with Crippen molar-refractivity contribution in [2.75, 3.05) is 6.61 Å². The summed E-state index contributed by atoms with van der Waals surface area (Å²) in [5, 5.41) is 12.1. The minimum Gasteiger partial charge on any atom is -0.618 e. The molecule has 5 nitrogen and oxygen atoms in total. The van der Waals surface area contributed by atoms with Crippen molar-refractivity contribution in [1.82, 2.24) is 4.98 Å². The molecule has 2 aromatic rings. The molecule has 0 aliphatic heterocycles. The van der Waals surface area contributed by atoms with E-state index in [1.165, 1.54) is 0 Å². The van der Waals surface area contributed by atoms with Gasteiger partial charge in [-0.15, -0.1) is 0 Å². The summed E-state index contributed by atoms with van der Waals surface area (Å²) in [6.07, 6.45) is 0. The lowest BCUT2D eigenvalue weighted by molar-refractivity contribution is -0.584. The molecule has 0 aliphatic rings. The summed E-state index contributed by atoms with van der Waals surface area (Å²) in [5.74, 6) is -0.579. The third kappa shape index (κ3) is 2.15. The molecular formula is C12H11BrN2O3. The monoisotopic (exact) mass is 310 g/mol. The zero-order valence-corrected chi connectivity index (χ0v) is 11.5. The van der Waals surface area contributed by atoms with Crippen LogP contribution >= 0.6 is 15.9 Å². The van der Waals surface area contributed by atoms with E-state index in [1.807, 2.05) is 0 Å². The van der Waals surface area contributed by atoms with Crippen LogP contribution in [0.4, 0.5) is 0 Å². The van der Waals surface area contributed by atoms with Crippen LogP contribution < -0.4 is 4.73 Å². The third-order valence-corrected chi connectivity index (χ3v) is 3.00. The number of ether oxygens (including phenoxy) is 1. The van der Waals surface area contributed by atoms with Crippen molar-refractivity contribution >= 4 is 32.9 Å². The molecule has 94 valence electrons. The number of halogens is 1. The van der Waals surface area contributed by atoms with Crippen LogP contribution in [0.15, 0.2) is 22.7 Å². The molecule has 0 amide bonds. The topological polar surface area (TPSA) is 66.1 Å². The molecule has 0 saturated heterocycles. The Balaban J connectivity index is 2.67. The zero-order valence-electron chi connectivity index (χ0n) is 9.94. The Kier molecular flexibility index (Phi) is 3.47. The van der Waals surface area contributed by atoms with Gasteiger partial charge in [-0.05, 0) is 19.1 Å². The lowest BCUT2D eigenvalue weighted by Crippen LogP contribution is -2.34. The highest BCUT2D eigenvalue weighted by molar-refractivity contribution is 9.10. The first-order valence-electron chi connectivity index (χ1n) is 5.41. The van der Waals surface area contributed by atoms with E-state index in [-0.39, 0.29) is 18.0 Å². The molecule has 0 bridgehead atoms. The molecule has 0 saturated carbocycles. The van der Waals surface area contributed by atoms with Gasteiger partial charge in [0.25, 0.3) is 0 Å². The molecule has 0 atom stereocenters. The van der Waals surface area contributed by atoms with Crippen molar-refractivity contribution in [2.24, 2.45) is 0 Å². The zero-order chi connectivity index (χ0) is 13.3. The van der Waals surface area contributed by atoms with E-state index in [0.717, 1.165) is 4.47 Å². The number of benzene rings is 1. The van der Waals surface area contributed by atoms with E-state index in [2.05, 4.69) is 20.9 Å². The number of esters is 1. The van der Waals surface area contributed by atoms with Gasteiger partial charge in [0.15, 0.2) is 0 Å². The van der Waals surface area contributed by atoms with Crippen molar-refractivity contribution in [3.8, 4) is 0 Å². The summed E-state index contributed by atoms with van der Waals surface area (Å²) < 4.78 is 6.35. The quantitative estimate of drug-likeness (QED) is 0.484. The molecule has 1 aromatic heterocycles. The number of carbonyl (C=O) groups excluding carboxylic acids is 1. The summed E-state index contributed by atoms with van der Waals surface area (Å²) in [7, 11) is 0. The van der Waals surface area contributed by atoms with Gasteiger partial charge in [-0.1, -0.05) is 15.9 Å². The van der Waals surface area contributed by atoms with Gasteiger partial charge < -0.3 is 9.94 Å². The fourth-order valence-corrected chi connectivity index (χ4v) is 1.97. The molecule has 0 N–H and O–H groups in total. The number of hydrogen-bond donors (Lipinski definition) is 0. The van der Waals surface area contributed by atoms with Crippen LogP contribution in [0.3, 0.4) is 0 Å². The lowest BCUT2D eigenvalue weighted by atomic mass is 10.2. The first-order chi connectivity index (χ1) is 8.54. The first-order valence-corrected chi connectivity index (χ1v) is 6.20. The van der Waals surface area contributed by atoms with E-state index in [0.29, 0.717) is 15.8 Å². The number of nitrogens with zero attached hydrogens (tertiary/aromatic N) is 2. The van der Waals surface area contributed by atoms with Gasteiger partial charge in [0.2, 0.25) is 16.9 Å². The Morgan fingerprint density at radius 2 is 2.28 bits per heavy atom. The summed E-state index contributed by atoms with van der Waals surface area (Å²) in [6.45, 7) is 3.50. The number of rotatable bonds is 2. The highest BCUT2D eigenvalue weighted by Gasteiger charge is 2.21. The Bertz CT molecular complexity index is 628. The summed E-state index contributed by atoms with van der Waals surface area (Å²) in [6, 6.07) is 5.10. The SMILES string of the molecule is CCOC(=O)c1nc2ccc(Br)cc2[n+]([O-])c1C. The van der Waals surface area contributed by atoms with Crippen molar-refractivity contribution in [1.29, 1.82) is 0 Å². The maximum Gasteiger partial charge on any atom is 0.363 e. The van der Waals surface area contributed by atoms with Crippen LogP contribution in [0.25, 0.3) is 11.0 Å². The van der Waals surface area contributed by atoms with Crippen molar-refractivity contribution < 1.29 is 14.3 Å². The minimum atomic E-state index is -0.579. The second-order valence-electron chi connectivity index (χ2n) is 3.69. The number of carbonyl (C=O) groups is 1. The Morgan fingerprint density at radius 1 is 1.56 bits per heavy atom. The average molecular weight is 311 g/mol. The summed E-state index contributed by atoms with van der Waals surface area (Å²) in [4.78, 5) is 15.9. The highest BCUT2D eigenvalue weighted by atomic mass is 79.9. The largest absolute Gasteiger partial charge is 0.618 e. The van der Waals surface area contributed by atoms with Gasteiger partial charge in [-0.3, -0.25) is 0 Å². The molecular weight excluding hydrogens is 300 g/mol. The molecule has 0 spiro atoms. The smallest absolute Gasteiger partial charge is 0.363 e. The fourth-order valence-electron chi connectivity index (χ4n) is 1.62. The molecule has 0 unspecified atom stereocenters. The predicted molar refractivity (Wildman–Crippen MR) is 69.1 cm³/mol. The number of hydrogen-bond acceptors (Lipinski definition) is 4. The van der Waals surface area contributed by atoms with Crippen LogP contribution in [0.1, 0.15) is 23.1 Å². The maximum atomic E-state index is 12.1. The van der Waals surface area contributed by atoms with Gasteiger partial charge in [0.1, 0.15) is 5.52 Å². The van der Waals surface area contributed by atoms with Gasteiger partial charge in [0, 0.05) is 17.5 Å². The second kappa shape index (κ2) is 4.89. The van der Waals surface area contributed by atoms with Gasteiger partial charge >= 0.3 is 5.97 Å². The minimum absolute atomic E-state index is 0.0571. The first kappa shape index (κ1) is 12.8. The number of aromatic nitrogens is 2. The highest BCUT2D eigenvalue weighted by Crippen LogP contribution is 2.17. The molecule has 18 heavy (non-hydrogen) atoms. The molecule has 0 aliphatic carbocycles. The normalized spacial score (nSPS) is 10.6.